The SMILES string of the molecule is N#CCc1ccc(OCC(O)CSc2nnc(Nc3ccccc3F)s2)cc1. The van der Waals surface area contributed by atoms with Crippen LogP contribution in [0.1, 0.15) is 5.56 Å². The Hall–Kier alpha value is -2.67. The number of para-hydroxylation sites is 1. The molecule has 0 aliphatic heterocycles. The quantitative estimate of drug-likeness (QED) is 0.509. The van der Waals surface area contributed by atoms with Gasteiger partial charge in [0.1, 0.15) is 18.2 Å². The number of rotatable bonds is 9. The van der Waals surface area contributed by atoms with Crippen LogP contribution in [0.15, 0.2) is 52.9 Å². The van der Waals surface area contributed by atoms with Gasteiger partial charge in [0.15, 0.2) is 4.34 Å². The van der Waals surface area contributed by atoms with Crippen molar-refractivity contribution in [3.63, 3.8) is 0 Å². The summed E-state index contributed by atoms with van der Waals surface area (Å²) in [6.07, 6.45) is -0.328. The van der Waals surface area contributed by atoms with Gasteiger partial charge in [0.25, 0.3) is 0 Å². The number of hydrogen-bond acceptors (Lipinski definition) is 8. The molecule has 1 unspecified atom stereocenters. The van der Waals surface area contributed by atoms with Crippen LogP contribution in [-0.4, -0.2) is 33.8 Å². The van der Waals surface area contributed by atoms with Crippen molar-refractivity contribution in [1.29, 1.82) is 5.26 Å². The molecule has 2 aromatic carbocycles. The zero-order valence-electron chi connectivity index (χ0n) is 14.7. The molecular weight excluding hydrogens is 399 g/mol. The molecule has 0 bridgehead atoms. The van der Waals surface area contributed by atoms with Gasteiger partial charge in [-0.25, -0.2) is 4.39 Å². The van der Waals surface area contributed by atoms with Crippen molar-refractivity contribution in [2.24, 2.45) is 0 Å². The summed E-state index contributed by atoms with van der Waals surface area (Å²) in [4.78, 5) is 0. The van der Waals surface area contributed by atoms with Crippen molar-refractivity contribution >= 4 is 33.9 Å². The van der Waals surface area contributed by atoms with Crippen LogP contribution < -0.4 is 10.1 Å². The number of hydrogen-bond donors (Lipinski definition) is 2. The second kappa shape index (κ2) is 10.0. The molecule has 0 radical (unpaired) electrons. The van der Waals surface area contributed by atoms with Crippen LogP contribution in [0.5, 0.6) is 5.75 Å². The van der Waals surface area contributed by atoms with Gasteiger partial charge in [0.05, 0.1) is 24.3 Å². The molecule has 0 saturated carbocycles. The van der Waals surface area contributed by atoms with Crippen molar-refractivity contribution in [1.82, 2.24) is 10.2 Å². The maximum atomic E-state index is 13.6. The van der Waals surface area contributed by atoms with Crippen molar-refractivity contribution in [2.45, 2.75) is 16.9 Å². The van der Waals surface area contributed by atoms with E-state index >= 15 is 0 Å². The molecule has 144 valence electrons. The van der Waals surface area contributed by atoms with Crippen LogP contribution in [0.3, 0.4) is 0 Å². The first-order chi connectivity index (χ1) is 13.6. The third-order valence-electron chi connectivity index (χ3n) is 3.57. The highest BCUT2D eigenvalue weighted by molar-refractivity contribution is 8.01. The molecule has 0 saturated heterocycles. The minimum Gasteiger partial charge on any atom is -0.491 e. The van der Waals surface area contributed by atoms with E-state index in [1.165, 1.54) is 29.2 Å². The van der Waals surface area contributed by atoms with Gasteiger partial charge in [-0.05, 0) is 29.8 Å². The van der Waals surface area contributed by atoms with E-state index < -0.39 is 6.10 Å². The summed E-state index contributed by atoms with van der Waals surface area (Å²) in [5.41, 5.74) is 1.26. The fraction of sp³-hybridized carbons (Fsp3) is 0.211. The van der Waals surface area contributed by atoms with Crippen LogP contribution in [0, 0.1) is 17.1 Å². The number of aliphatic hydroxyl groups excluding tert-OH is 1. The third kappa shape index (κ3) is 5.92. The molecule has 9 heteroatoms. The van der Waals surface area contributed by atoms with Crippen molar-refractivity contribution in [3.05, 3.63) is 59.9 Å². The van der Waals surface area contributed by atoms with Crippen LogP contribution >= 0.6 is 23.1 Å². The van der Waals surface area contributed by atoms with E-state index in [1.807, 2.05) is 12.1 Å². The van der Waals surface area contributed by atoms with Crippen molar-refractivity contribution < 1.29 is 14.2 Å². The predicted octanol–water partition coefficient (Wildman–Crippen LogP) is 4.02. The number of nitrogens with zero attached hydrogens (tertiary/aromatic N) is 3. The molecule has 0 fully saturated rings. The number of aliphatic hydroxyl groups is 1. The molecule has 28 heavy (non-hydrogen) atoms. The Balaban J connectivity index is 1.43. The van der Waals surface area contributed by atoms with E-state index in [1.54, 1.807) is 30.3 Å². The standard InChI is InChI=1S/C19H17FN4O2S2/c20-16-3-1-2-4-17(16)22-18-23-24-19(28-18)27-12-14(25)11-26-15-7-5-13(6-8-15)9-10-21/h1-8,14,25H,9,11-12H2,(H,22,23). The average molecular weight is 417 g/mol. The summed E-state index contributed by atoms with van der Waals surface area (Å²) in [6, 6.07) is 15.6. The summed E-state index contributed by atoms with van der Waals surface area (Å²) < 4.78 is 19.9. The van der Waals surface area contributed by atoms with Gasteiger partial charge in [0.2, 0.25) is 5.13 Å². The highest BCUT2D eigenvalue weighted by atomic mass is 32.2. The molecule has 6 nitrogen and oxygen atoms in total. The first-order valence-corrected chi connectivity index (χ1v) is 10.2. The molecule has 3 rings (SSSR count). The summed E-state index contributed by atoms with van der Waals surface area (Å²) >= 11 is 2.64. The number of anilines is 2. The average Bonchev–Trinajstić information content (AvgIpc) is 3.15. The number of nitrogens with one attached hydrogen (secondary N) is 1. The Morgan fingerprint density at radius 2 is 2.00 bits per heavy atom. The summed E-state index contributed by atoms with van der Waals surface area (Å²) in [5, 5.41) is 30.1. The van der Waals surface area contributed by atoms with Crippen molar-refractivity contribution in [3.8, 4) is 11.8 Å². The summed E-state index contributed by atoms with van der Waals surface area (Å²) in [6.45, 7) is 0.143. The lowest BCUT2D eigenvalue weighted by atomic mass is 10.2. The Labute approximate surface area is 170 Å². The zero-order valence-corrected chi connectivity index (χ0v) is 16.3. The molecule has 0 spiro atoms. The van der Waals surface area contributed by atoms with E-state index in [0.717, 1.165) is 5.56 Å². The number of halogens is 1. The summed E-state index contributed by atoms with van der Waals surface area (Å²) in [5.74, 6) is 0.666. The molecular formula is C19H17FN4O2S2. The third-order valence-corrected chi connectivity index (χ3v) is 5.69. The second-order valence-electron chi connectivity index (χ2n) is 5.73. The number of ether oxygens (including phenoxy) is 1. The molecule has 0 aliphatic carbocycles. The van der Waals surface area contributed by atoms with Gasteiger partial charge < -0.3 is 15.2 Å². The maximum absolute atomic E-state index is 13.6. The largest absolute Gasteiger partial charge is 0.491 e. The smallest absolute Gasteiger partial charge is 0.210 e. The lowest BCUT2D eigenvalue weighted by Crippen LogP contribution is -2.20. The second-order valence-corrected chi connectivity index (χ2v) is 7.98. The fourth-order valence-corrected chi connectivity index (χ4v) is 3.90. The van der Waals surface area contributed by atoms with E-state index in [9.17, 15) is 9.50 Å². The van der Waals surface area contributed by atoms with Gasteiger partial charge in [-0.2, -0.15) is 5.26 Å². The highest BCUT2D eigenvalue weighted by Gasteiger charge is 2.11. The van der Waals surface area contributed by atoms with Gasteiger partial charge in [0, 0.05) is 5.75 Å². The van der Waals surface area contributed by atoms with Crippen LogP contribution in [0.2, 0.25) is 0 Å². The number of benzene rings is 2. The van der Waals surface area contributed by atoms with Crippen molar-refractivity contribution in [2.75, 3.05) is 17.7 Å². The van der Waals surface area contributed by atoms with E-state index in [4.69, 9.17) is 10.00 Å². The molecule has 1 heterocycles. The maximum Gasteiger partial charge on any atom is 0.210 e. The van der Waals surface area contributed by atoms with Crippen LogP contribution in [0.4, 0.5) is 15.2 Å². The van der Waals surface area contributed by atoms with E-state index in [-0.39, 0.29) is 12.4 Å². The highest BCUT2D eigenvalue weighted by Crippen LogP contribution is 2.28. The minimum absolute atomic E-state index is 0.143. The first kappa shape index (κ1) is 20.1. The van der Waals surface area contributed by atoms with Crippen LogP contribution in [-0.2, 0) is 6.42 Å². The lowest BCUT2D eigenvalue weighted by molar-refractivity contribution is 0.126. The Morgan fingerprint density at radius 3 is 2.75 bits per heavy atom. The first-order valence-electron chi connectivity index (χ1n) is 8.38. The van der Waals surface area contributed by atoms with Gasteiger partial charge in [-0.15, -0.1) is 10.2 Å². The van der Waals surface area contributed by atoms with E-state index in [0.29, 0.717) is 33.1 Å². The van der Waals surface area contributed by atoms with Gasteiger partial charge in [-0.3, -0.25) is 0 Å². The monoisotopic (exact) mass is 416 g/mol. The molecule has 1 aromatic heterocycles. The Kier molecular flexibility index (Phi) is 7.19. The Morgan fingerprint density at radius 1 is 1.21 bits per heavy atom. The van der Waals surface area contributed by atoms with Crippen LogP contribution in [0.25, 0.3) is 0 Å². The topological polar surface area (TPSA) is 91.1 Å². The normalized spacial score (nSPS) is 11.6. The van der Waals surface area contributed by atoms with E-state index in [2.05, 4.69) is 21.6 Å². The molecule has 1 atom stereocenters. The minimum atomic E-state index is -0.685. The van der Waals surface area contributed by atoms with Gasteiger partial charge in [-0.1, -0.05) is 47.4 Å². The lowest BCUT2D eigenvalue weighted by Gasteiger charge is -2.11. The molecule has 0 amide bonds. The summed E-state index contributed by atoms with van der Waals surface area (Å²) in [7, 11) is 0. The molecule has 2 N–H and O–H groups in total. The number of thioether (sulfide) groups is 1. The van der Waals surface area contributed by atoms with Gasteiger partial charge >= 0.3 is 0 Å². The fourth-order valence-electron chi connectivity index (χ4n) is 2.20. The number of aromatic nitrogens is 2. The zero-order chi connectivity index (χ0) is 19.8. The number of nitriles is 1. The predicted molar refractivity (Wildman–Crippen MR) is 108 cm³/mol. The Bertz CT molecular complexity index is 944. The molecule has 0 aliphatic rings. The molecule has 3 aromatic rings.